The van der Waals surface area contributed by atoms with Gasteiger partial charge in [-0.25, -0.2) is 4.98 Å². The molecular weight excluding hydrogens is 208 g/mol. The highest BCUT2D eigenvalue weighted by Gasteiger charge is 2.15. The van der Waals surface area contributed by atoms with Crippen LogP contribution in [-0.4, -0.2) is 24.7 Å². The number of nitrogens with one attached hydrogen (secondary N) is 1. The molecule has 0 aliphatic rings. The molecule has 1 aromatic rings. The van der Waals surface area contributed by atoms with Gasteiger partial charge in [0.25, 0.3) is 0 Å². The highest BCUT2D eigenvalue weighted by molar-refractivity contribution is 7.09. The number of aryl methyl sites for hydroxylation is 1. The van der Waals surface area contributed by atoms with Crippen LogP contribution in [0, 0.1) is 6.92 Å². The van der Waals surface area contributed by atoms with Crippen LogP contribution in [0.15, 0.2) is 5.38 Å². The van der Waals surface area contributed by atoms with E-state index in [9.17, 15) is 0 Å². The van der Waals surface area contributed by atoms with Gasteiger partial charge in [-0.1, -0.05) is 6.92 Å². The number of methoxy groups -OCH3 is 1. The number of hydrogen-bond donors (Lipinski definition) is 1. The van der Waals surface area contributed by atoms with Crippen molar-refractivity contribution in [3.8, 4) is 0 Å². The van der Waals surface area contributed by atoms with Gasteiger partial charge in [0.2, 0.25) is 0 Å². The van der Waals surface area contributed by atoms with Crippen LogP contribution in [0.5, 0.6) is 0 Å². The van der Waals surface area contributed by atoms with E-state index in [1.807, 2.05) is 6.92 Å². The molecule has 0 amide bonds. The largest absolute Gasteiger partial charge is 0.383 e. The van der Waals surface area contributed by atoms with Gasteiger partial charge in [-0.15, -0.1) is 11.3 Å². The number of thiazole rings is 1. The zero-order chi connectivity index (χ0) is 11.3. The van der Waals surface area contributed by atoms with Gasteiger partial charge in [-0.05, 0) is 20.3 Å². The summed E-state index contributed by atoms with van der Waals surface area (Å²) >= 11 is 1.73. The van der Waals surface area contributed by atoms with Gasteiger partial charge in [-0.3, -0.25) is 0 Å². The predicted octanol–water partition coefficient (Wildman–Crippen LogP) is 2.53. The average molecular weight is 228 g/mol. The normalized spacial score (nSPS) is 15.2. The van der Waals surface area contributed by atoms with Crippen molar-refractivity contribution < 1.29 is 4.74 Å². The Hall–Kier alpha value is -0.450. The van der Waals surface area contributed by atoms with E-state index in [-0.39, 0.29) is 0 Å². The molecule has 0 spiro atoms. The lowest BCUT2D eigenvalue weighted by Crippen LogP contribution is -2.33. The Morgan fingerprint density at radius 2 is 2.33 bits per heavy atom. The topological polar surface area (TPSA) is 34.1 Å². The maximum atomic E-state index is 5.11. The first-order valence-corrected chi connectivity index (χ1v) is 6.22. The van der Waals surface area contributed by atoms with E-state index < -0.39 is 0 Å². The van der Waals surface area contributed by atoms with Crippen molar-refractivity contribution in [3.63, 3.8) is 0 Å². The molecule has 1 aromatic heterocycles. The van der Waals surface area contributed by atoms with Crippen LogP contribution in [0.3, 0.4) is 0 Å². The van der Waals surface area contributed by atoms with Crippen molar-refractivity contribution in [1.29, 1.82) is 0 Å². The van der Waals surface area contributed by atoms with E-state index in [1.165, 1.54) is 5.01 Å². The third-order valence-corrected chi connectivity index (χ3v) is 3.32. The SMILES string of the molecule is CCC(NC(C)COC)c1nc(C)cs1. The summed E-state index contributed by atoms with van der Waals surface area (Å²) in [6, 6.07) is 0.720. The first kappa shape index (κ1) is 12.6. The van der Waals surface area contributed by atoms with Crippen molar-refractivity contribution in [2.75, 3.05) is 13.7 Å². The molecule has 1 rings (SSSR count). The van der Waals surface area contributed by atoms with Crippen LogP contribution in [-0.2, 0) is 4.74 Å². The maximum absolute atomic E-state index is 5.11. The van der Waals surface area contributed by atoms with Crippen LogP contribution in [0.2, 0.25) is 0 Å². The minimum Gasteiger partial charge on any atom is -0.383 e. The molecule has 0 aliphatic carbocycles. The molecule has 2 unspecified atom stereocenters. The summed E-state index contributed by atoms with van der Waals surface area (Å²) in [7, 11) is 1.73. The first-order valence-electron chi connectivity index (χ1n) is 5.34. The third kappa shape index (κ3) is 3.89. The number of nitrogens with zero attached hydrogens (tertiary/aromatic N) is 1. The molecule has 1 N–H and O–H groups in total. The van der Waals surface area contributed by atoms with Crippen LogP contribution in [0.4, 0.5) is 0 Å². The Bertz CT molecular complexity index is 288. The molecule has 1 heterocycles. The van der Waals surface area contributed by atoms with Gasteiger partial charge in [0.1, 0.15) is 5.01 Å². The Morgan fingerprint density at radius 1 is 1.60 bits per heavy atom. The summed E-state index contributed by atoms with van der Waals surface area (Å²) in [5.74, 6) is 0. The fourth-order valence-electron chi connectivity index (χ4n) is 1.54. The van der Waals surface area contributed by atoms with E-state index in [0.717, 1.165) is 18.7 Å². The van der Waals surface area contributed by atoms with Crippen LogP contribution >= 0.6 is 11.3 Å². The van der Waals surface area contributed by atoms with Crippen molar-refractivity contribution in [1.82, 2.24) is 10.3 Å². The first-order chi connectivity index (χ1) is 7.17. The molecule has 0 aromatic carbocycles. The zero-order valence-corrected chi connectivity index (χ0v) is 10.7. The lowest BCUT2D eigenvalue weighted by molar-refractivity contribution is 0.166. The number of ether oxygens (including phenoxy) is 1. The number of hydrogen-bond acceptors (Lipinski definition) is 4. The monoisotopic (exact) mass is 228 g/mol. The van der Waals surface area contributed by atoms with Crippen LogP contribution in [0.25, 0.3) is 0 Å². The summed E-state index contributed by atoms with van der Waals surface area (Å²) in [6.45, 7) is 7.08. The Morgan fingerprint density at radius 3 is 2.80 bits per heavy atom. The summed E-state index contributed by atoms with van der Waals surface area (Å²) < 4.78 is 5.11. The van der Waals surface area contributed by atoms with Crippen LogP contribution < -0.4 is 5.32 Å². The van der Waals surface area contributed by atoms with E-state index in [4.69, 9.17) is 4.74 Å². The fraction of sp³-hybridized carbons (Fsp3) is 0.727. The standard InChI is InChI=1S/C11H20N2OS/c1-5-10(12-8(2)6-14-4)11-13-9(3)7-15-11/h7-8,10,12H,5-6H2,1-4H3. The lowest BCUT2D eigenvalue weighted by atomic mass is 10.2. The second kappa shape index (κ2) is 6.20. The van der Waals surface area contributed by atoms with E-state index >= 15 is 0 Å². The molecule has 3 nitrogen and oxygen atoms in total. The highest BCUT2D eigenvalue weighted by atomic mass is 32.1. The van der Waals surface area contributed by atoms with E-state index in [1.54, 1.807) is 18.4 Å². The fourth-order valence-corrected chi connectivity index (χ4v) is 2.48. The quantitative estimate of drug-likeness (QED) is 0.812. The second-order valence-corrected chi connectivity index (χ2v) is 4.70. The smallest absolute Gasteiger partial charge is 0.110 e. The molecule has 15 heavy (non-hydrogen) atoms. The Labute approximate surface area is 95.9 Å². The van der Waals surface area contributed by atoms with Gasteiger partial charge >= 0.3 is 0 Å². The highest BCUT2D eigenvalue weighted by Crippen LogP contribution is 2.21. The molecule has 0 saturated heterocycles. The third-order valence-electron chi connectivity index (χ3n) is 2.25. The molecule has 0 bridgehead atoms. The molecule has 0 aliphatic heterocycles. The summed E-state index contributed by atoms with van der Waals surface area (Å²) in [5.41, 5.74) is 1.11. The van der Waals surface area contributed by atoms with Crippen molar-refractivity contribution in [2.24, 2.45) is 0 Å². The summed E-state index contributed by atoms with van der Waals surface area (Å²) in [4.78, 5) is 4.51. The molecule has 0 radical (unpaired) electrons. The number of aromatic nitrogens is 1. The lowest BCUT2D eigenvalue weighted by Gasteiger charge is -2.19. The van der Waals surface area contributed by atoms with Gasteiger partial charge < -0.3 is 10.1 Å². The molecule has 86 valence electrons. The van der Waals surface area contributed by atoms with Crippen molar-refractivity contribution in [3.05, 3.63) is 16.1 Å². The summed E-state index contributed by atoms with van der Waals surface area (Å²) in [5, 5.41) is 6.80. The molecular formula is C11H20N2OS. The van der Waals surface area contributed by atoms with Gasteiger partial charge in [0, 0.05) is 24.2 Å². The zero-order valence-electron chi connectivity index (χ0n) is 9.91. The average Bonchev–Trinajstić information content (AvgIpc) is 2.61. The van der Waals surface area contributed by atoms with Crippen molar-refractivity contribution >= 4 is 11.3 Å². The van der Waals surface area contributed by atoms with Crippen molar-refractivity contribution in [2.45, 2.75) is 39.3 Å². The summed E-state index contributed by atoms with van der Waals surface area (Å²) in [6.07, 6.45) is 1.06. The van der Waals surface area contributed by atoms with Gasteiger partial charge in [0.05, 0.1) is 12.6 Å². The van der Waals surface area contributed by atoms with E-state index in [0.29, 0.717) is 12.1 Å². The van der Waals surface area contributed by atoms with E-state index in [2.05, 4.69) is 29.5 Å². The second-order valence-electron chi connectivity index (χ2n) is 3.81. The predicted molar refractivity (Wildman–Crippen MR) is 64.4 cm³/mol. The number of rotatable bonds is 6. The minimum atomic E-state index is 0.355. The van der Waals surface area contributed by atoms with Gasteiger partial charge in [0.15, 0.2) is 0 Å². The minimum absolute atomic E-state index is 0.355. The van der Waals surface area contributed by atoms with Gasteiger partial charge in [-0.2, -0.15) is 0 Å². The molecule has 0 saturated carbocycles. The Kier molecular flexibility index (Phi) is 5.22. The molecule has 4 heteroatoms. The Balaban J connectivity index is 2.56. The molecule has 2 atom stereocenters. The maximum Gasteiger partial charge on any atom is 0.110 e. The molecule has 0 fully saturated rings. The van der Waals surface area contributed by atoms with Crippen LogP contribution in [0.1, 0.15) is 37.0 Å².